The van der Waals surface area contributed by atoms with Crippen molar-refractivity contribution in [1.82, 2.24) is 20.5 Å². The number of likely N-dealkylation sites (tertiary alicyclic amines) is 1. The van der Waals surface area contributed by atoms with Crippen LogP contribution in [0, 0.1) is 6.92 Å². The maximum absolute atomic E-state index is 4.83. The van der Waals surface area contributed by atoms with Crippen molar-refractivity contribution in [2.45, 2.75) is 71.3 Å². The van der Waals surface area contributed by atoms with Crippen LogP contribution in [0.15, 0.2) is 23.3 Å². The third-order valence-electron chi connectivity index (χ3n) is 6.25. The standard InChI is InChI=1S/C24H42N6.HI/c1-3-25-24(26-14-6-4-7-15-29-16-8-5-9-17-29)28-22-12-18-30(19-13-22)23-11-10-21(2)20-27-23;/h10-11,20,22H,3-9,12-19H2,1-2H3,(H2,25,26,28);1H. The minimum atomic E-state index is 0. The number of piperidine rings is 2. The van der Waals surface area contributed by atoms with Crippen LogP contribution in [0.25, 0.3) is 0 Å². The van der Waals surface area contributed by atoms with Gasteiger partial charge < -0.3 is 20.4 Å². The van der Waals surface area contributed by atoms with Crippen molar-refractivity contribution in [2.24, 2.45) is 4.99 Å². The zero-order chi connectivity index (χ0) is 21.0. The predicted octanol–water partition coefficient (Wildman–Crippen LogP) is 4.19. The van der Waals surface area contributed by atoms with Crippen molar-refractivity contribution in [3.63, 3.8) is 0 Å². The molecule has 176 valence electrons. The number of unbranched alkanes of at least 4 members (excludes halogenated alkanes) is 2. The van der Waals surface area contributed by atoms with Crippen LogP contribution in [0.3, 0.4) is 0 Å². The topological polar surface area (TPSA) is 55.8 Å². The molecule has 0 bridgehead atoms. The average molecular weight is 543 g/mol. The summed E-state index contributed by atoms with van der Waals surface area (Å²) in [6, 6.07) is 4.78. The highest BCUT2D eigenvalue weighted by molar-refractivity contribution is 14.0. The molecule has 1 aromatic heterocycles. The highest BCUT2D eigenvalue weighted by atomic mass is 127. The van der Waals surface area contributed by atoms with Crippen molar-refractivity contribution in [3.8, 4) is 0 Å². The second-order valence-electron chi connectivity index (χ2n) is 8.82. The molecule has 0 unspecified atom stereocenters. The Bertz CT molecular complexity index is 621. The summed E-state index contributed by atoms with van der Waals surface area (Å²) in [4.78, 5) is 14.4. The summed E-state index contributed by atoms with van der Waals surface area (Å²) in [5.74, 6) is 2.09. The number of halogens is 1. The molecule has 0 spiro atoms. The van der Waals surface area contributed by atoms with Gasteiger partial charge in [0.2, 0.25) is 0 Å². The minimum absolute atomic E-state index is 0. The summed E-state index contributed by atoms with van der Waals surface area (Å²) in [5.41, 5.74) is 1.22. The maximum Gasteiger partial charge on any atom is 0.191 e. The molecule has 2 saturated heterocycles. The number of aliphatic imine (C=N–C) groups is 1. The summed E-state index contributed by atoms with van der Waals surface area (Å²) in [6.45, 7) is 12.0. The Labute approximate surface area is 206 Å². The molecule has 0 radical (unpaired) electrons. The Hall–Kier alpha value is -1.09. The SMILES string of the molecule is CCNC(=NCCCCCN1CCCCC1)NC1CCN(c2ccc(C)cn2)CC1.I. The molecule has 0 atom stereocenters. The highest BCUT2D eigenvalue weighted by Crippen LogP contribution is 2.18. The molecule has 2 aliphatic heterocycles. The minimum Gasteiger partial charge on any atom is -0.357 e. The van der Waals surface area contributed by atoms with E-state index >= 15 is 0 Å². The fourth-order valence-electron chi connectivity index (χ4n) is 4.41. The van der Waals surface area contributed by atoms with Crippen molar-refractivity contribution in [1.29, 1.82) is 0 Å². The monoisotopic (exact) mass is 542 g/mol. The molecule has 2 aliphatic rings. The summed E-state index contributed by atoms with van der Waals surface area (Å²) >= 11 is 0. The lowest BCUT2D eigenvalue weighted by molar-refractivity contribution is 0.224. The Morgan fingerprint density at radius 3 is 2.52 bits per heavy atom. The number of aromatic nitrogens is 1. The lowest BCUT2D eigenvalue weighted by Crippen LogP contribution is -2.49. The van der Waals surface area contributed by atoms with Gasteiger partial charge in [-0.15, -0.1) is 24.0 Å². The number of anilines is 1. The van der Waals surface area contributed by atoms with Crippen LogP contribution in [-0.2, 0) is 0 Å². The third kappa shape index (κ3) is 9.51. The second-order valence-corrected chi connectivity index (χ2v) is 8.82. The molecule has 0 aliphatic carbocycles. The van der Waals surface area contributed by atoms with Gasteiger partial charge in [-0.2, -0.15) is 0 Å². The lowest BCUT2D eigenvalue weighted by Gasteiger charge is -2.33. The van der Waals surface area contributed by atoms with E-state index in [0.29, 0.717) is 6.04 Å². The van der Waals surface area contributed by atoms with Gasteiger partial charge in [-0.05, 0) is 83.6 Å². The first-order chi connectivity index (χ1) is 14.7. The third-order valence-corrected chi connectivity index (χ3v) is 6.25. The average Bonchev–Trinajstić information content (AvgIpc) is 2.78. The molecule has 3 rings (SSSR count). The smallest absolute Gasteiger partial charge is 0.191 e. The first-order valence-corrected chi connectivity index (χ1v) is 12.2. The number of nitrogens with one attached hydrogen (secondary N) is 2. The molecule has 7 heteroatoms. The molecule has 6 nitrogen and oxygen atoms in total. The Kier molecular flexibility index (Phi) is 12.6. The van der Waals surface area contributed by atoms with Crippen molar-refractivity contribution >= 4 is 35.8 Å². The molecule has 0 aromatic carbocycles. The van der Waals surface area contributed by atoms with Gasteiger partial charge in [0, 0.05) is 38.4 Å². The van der Waals surface area contributed by atoms with E-state index in [4.69, 9.17) is 4.99 Å². The Morgan fingerprint density at radius 1 is 1.06 bits per heavy atom. The largest absolute Gasteiger partial charge is 0.357 e. The first kappa shape index (κ1) is 26.2. The van der Waals surface area contributed by atoms with Crippen molar-refractivity contribution in [3.05, 3.63) is 23.9 Å². The lowest BCUT2D eigenvalue weighted by atomic mass is 10.1. The van der Waals surface area contributed by atoms with E-state index in [1.165, 1.54) is 63.7 Å². The maximum atomic E-state index is 4.83. The van der Waals surface area contributed by atoms with Crippen molar-refractivity contribution < 1.29 is 0 Å². The van der Waals surface area contributed by atoms with Crippen LogP contribution in [0.2, 0.25) is 0 Å². The highest BCUT2D eigenvalue weighted by Gasteiger charge is 2.20. The number of rotatable bonds is 9. The van der Waals surface area contributed by atoms with Gasteiger partial charge in [-0.25, -0.2) is 4.98 Å². The van der Waals surface area contributed by atoms with Gasteiger partial charge >= 0.3 is 0 Å². The molecule has 0 saturated carbocycles. The van der Waals surface area contributed by atoms with E-state index in [1.54, 1.807) is 0 Å². The summed E-state index contributed by atoms with van der Waals surface area (Å²) < 4.78 is 0. The predicted molar refractivity (Wildman–Crippen MR) is 143 cm³/mol. The van der Waals surface area contributed by atoms with Gasteiger partial charge in [-0.1, -0.05) is 18.9 Å². The zero-order valence-electron chi connectivity index (χ0n) is 19.6. The molecule has 1 aromatic rings. The van der Waals surface area contributed by atoms with Gasteiger partial charge in [-0.3, -0.25) is 4.99 Å². The van der Waals surface area contributed by atoms with Crippen LogP contribution in [0.1, 0.15) is 63.9 Å². The number of aryl methyl sites for hydroxylation is 1. The van der Waals surface area contributed by atoms with Gasteiger partial charge in [0.1, 0.15) is 5.82 Å². The number of nitrogens with zero attached hydrogens (tertiary/aromatic N) is 4. The number of pyridine rings is 1. The number of hydrogen-bond donors (Lipinski definition) is 2. The van der Waals surface area contributed by atoms with Crippen LogP contribution >= 0.6 is 24.0 Å². The summed E-state index contributed by atoms with van der Waals surface area (Å²) in [6.07, 6.45) is 12.2. The van der Waals surface area contributed by atoms with Crippen LogP contribution in [-0.4, -0.2) is 67.7 Å². The molecule has 2 N–H and O–H groups in total. The Morgan fingerprint density at radius 2 is 1.84 bits per heavy atom. The summed E-state index contributed by atoms with van der Waals surface area (Å²) in [5, 5.41) is 7.09. The van der Waals surface area contributed by atoms with E-state index in [2.05, 4.69) is 51.4 Å². The Balaban J connectivity index is 0.00000341. The van der Waals surface area contributed by atoms with E-state index in [0.717, 1.165) is 50.8 Å². The molecule has 31 heavy (non-hydrogen) atoms. The zero-order valence-corrected chi connectivity index (χ0v) is 21.9. The fourth-order valence-corrected chi connectivity index (χ4v) is 4.41. The van der Waals surface area contributed by atoms with Crippen LogP contribution in [0.4, 0.5) is 5.82 Å². The number of guanidine groups is 1. The first-order valence-electron chi connectivity index (χ1n) is 12.2. The molecule has 0 amide bonds. The van der Waals surface area contributed by atoms with E-state index in [9.17, 15) is 0 Å². The van der Waals surface area contributed by atoms with Gasteiger partial charge in [0.25, 0.3) is 0 Å². The van der Waals surface area contributed by atoms with Crippen molar-refractivity contribution in [2.75, 3.05) is 50.7 Å². The van der Waals surface area contributed by atoms with E-state index < -0.39 is 0 Å². The van der Waals surface area contributed by atoms with E-state index in [-0.39, 0.29) is 24.0 Å². The van der Waals surface area contributed by atoms with Gasteiger partial charge in [0.15, 0.2) is 5.96 Å². The normalized spacial score (nSPS) is 18.5. The molecule has 2 fully saturated rings. The number of hydrogen-bond acceptors (Lipinski definition) is 4. The quantitative estimate of drug-likeness (QED) is 0.212. The van der Waals surface area contributed by atoms with Gasteiger partial charge in [0.05, 0.1) is 0 Å². The molecular formula is C24H43IN6. The molecule has 3 heterocycles. The molecular weight excluding hydrogens is 499 g/mol. The second kappa shape index (κ2) is 14.9. The fraction of sp³-hybridized carbons (Fsp3) is 0.750. The van der Waals surface area contributed by atoms with Crippen LogP contribution in [0.5, 0.6) is 0 Å². The van der Waals surface area contributed by atoms with E-state index in [1.807, 2.05) is 6.20 Å². The van der Waals surface area contributed by atoms with Crippen LogP contribution < -0.4 is 15.5 Å². The summed E-state index contributed by atoms with van der Waals surface area (Å²) in [7, 11) is 0.